The van der Waals surface area contributed by atoms with E-state index in [2.05, 4.69) is 11.0 Å². The SMILES string of the molecule is O=C(CCN1CCCC1)OC1C=CCCC1. The quantitative estimate of drug-likeness (QED) is 0.540. The van der Waals surface area contributed by atoms with E-state index in [9.17, 15) is 4.79 Å². The highest BCUT2D eigenvalue weighted by atomic mass is 16.5. The van der Waals surface area contributed by atoms with E-state index in [4.69, 9.17) is 4.74 Å². The number of ether oxygens (including phenoxy) is 1. The lowest BCUT2D eigenvalue weighted by molar-refractivity contribution is -0.147. The largest absolute Gasteiger partial charge is 0.458 e. The first-order chi connectivity index (χ1) is 7.84. The monoisotopic (exact) mass is 223 g/mol. The molecular weight excluding hydrogens is 202 g/mol. The maximum atomic E-state index is 11.6. The molecule has 0 radical (unpaired) electrons. The van der Waals surface area contributed by atoms with Gasteiger partial charge in [-0.15, -0.1) is 0 Å². The van der Waals surface area contributed by atoms with Crippen LogP contribution in [0.5, 0.6) is 0 Å². The fourth-order valence-corrected chi connectivity index (χ4v) is 2.36. The molecular formula is C13H21NO2. The molecule has 3 heteroatoms. The van der Waals surface area contributed by atoms with Crippen molar-refractivity contribution in [3.63, 3.8) is 0 Å². The summed E-state index contributed by atoms with van der Waals surface area (Å²) >= 11 is 0. The third-order valence-electron chi connectivity index (χ3n) is 3.32. The zero-order valence-corrected chi connectivity index (χ0v) is 9.86. The first-order valence-electron chi connectivity index (χ1n) is 6.43. The predicted octanol–water partition coefficient (Wildman–Crippen LogP) is 2.12. The van der Waals surface area contributed by atoms with Crippen molar-refractivity contribution in [3.8, 4) is 0 Å². The lowest BCUT2D eigenvalue weighted by Gasteiger charge is -2.18. The lowest BCUT2D eigenvalue weighted by Crippen LogP contribution is -2.25. The van der Waals surface area contributed by atoms with E-state index < -0.39 is 0 Å². The van der Waals surface area contributed by atoms with Crippen LogP contribution in [0.3, 0.4) is 0 Å². The lowest BCUT2D eigenvalue weighted by atomic mass is 10.1. The van der Waals surface area contributed by atoms with Crippen molar-refractivity contribution in [1.29, 1.82) is 0 Å². The van der Waals surface area contributed by atoms with Crippen LogP contribution >= 0.6 is 0 Å². The summed E-state index contributed by atoms with van der Waals surface area (Å²) in [6.45, 7) is 3.17. The number of carbonyl (C=O) groups excluding carboxylic acids is 1. The first kappa shape index (κ1) is 11.6. The van der Waals surface area contributed by atoms with Crippen LogP contribution in [0.4, 0.5) is 0 Å². The van der Waals surface area contributed by atoms with Gasteiger partial charge < -0.3 is 9.64 Å². The average molecular weight is 223 g/mol. The third kappa shape index (κ3) is 3.63. The number of hydrogen-bond donors (Lipinski definition) is 0. The highest BCUT2D eigenvalue weighted by Gasteiger charge is 2.16. The Bertz CT molecular complexity index is 257. The van der Waals surface area contributed by atoms with Crippen molar-refractivity contribution in [1.82, 2.24) is 4.90 Å². The molecule has 1 heterocycles. The summed E-state index contributed by atoms with van der Waals surface area (Å²) in [7, 11) is 0. The second-order valence-corrected chi connectivity index (χ2v) is 4.69. The van der Waals surface area contributed by atoms with Gasteiger partial charge >= 0.3 is 5.97 Å². The molecule has 0 saturated carbocycles. The minimum Gasteiger partial charge on any atom is -0.458 e. The van der Waals surface area contributed by atoms with E-state index in [1.54, 1.807) is 0 Å². The number of carbonyl (C=O) groups is 1. The van der Waals surface area contributed by atoms with Gasteiger partial charge in [-0.2, -0.15) is 0 Å². The molecule has 0 amide bonds. The van der Waals surface area contributed by atoms with Crippen LogP contribution in [0.15, 0.2) is 12.2 Å². The Hall–Kier alpha value is -0.830. The Morgan fingerprint density at radius 2 is 2.12 bits per heavy atom. The zero-order chi connectivity index (χ0) is 11.2. The summed E-state index contributed by atoms with van der Waals surface area (Å²) in [5.74, 6) is -0.0385. The Morgan fingerprint density at radius 3 is 2.81 bits per heavy atom. The second kappa shape index (κ2) is 6.04. The average Bonchev–Trinajstić information content (AvgIpc) is 2.81. The number of rotatable bonds is 4. The van der Waals surface area contributed by atoms with Crippen LogP contribution in [0.25, 0.3) is 0 Å². The zero-order valence-electron chi connectivity index (χ0n) is 9.86. The maximum absolute atomic E-state index is 11.6. The van der Waals surface area contributed by atoms with Crippen molar-refractivity contribution in [2.45, 2.75) is 44.6 Å². The fourth-order valence-electron chi connectivity index (χ4n) is 2.36. The van der Waals surface area contributed by atoms with E-state index in [-0.39, 0.29) is 12.1 Å². The van der Waals surface area contributed by atoms with Gasteiger partial charge in [0.25, 0.3) is 0 Å². The molecule has 1 fully saturated rings. The van der Waals surface area contributed by atoms with Crippen molar-refractivity contribution in [2.75, 3.05) is 19.6 Å². The molecule has 1 unspecified atom stereocenters. The molecule has 1 aliphatic heterocycles. The molecule has 1 atom stereocenters. The molecule has 3 nitrogen and oxygen atoms in total. The third-order valence-corrected chi connectivity index (χ3v) is 3.32. The molecule has 16 heavy (non-hydrogen) atoms. The molecule has 2 rings (SSSR count). The van der Waals surface area contributed by atoms with Crippen LogP contribution in [0.1, 0.15) is 38.5 Å². The first-order valence-corrected chi connectivity index (χ1v) is 6.43. The van der Waals surface area contributed by atoms with Crippen LogP contribution in [-0.2, 0) is 9.53 Å². The van der Waals surface area contributed by atoms with Crippen LogP contribution in [-0.4, -0.2) is 36.6 Å². The van der Waals surface area contributed by atoms with E-state index in [1.165, 1.54) is 12.8 Å². The van der Waals surface area contributed by atoms with Gasteiger partial charge in [0.15, 0.2) is 0 Å². The van der Waals surface area contributed by atoms with Crippen molar-refractivity contribution in [2.24, 2.45) is 0 Å². The number of nitrogens with zero attached hydrogens (tertiary/aromatic N) is 1. The molecule has 2 aliphatic rings. The van der Waals surface area contributed by atoms with E-state index in [1.807, 2.05) is 6.08 Å². The number of likely N-dealkylation sites (tertiary alicyclic amines) is 1. The maximum Gasteiger partial charge on any atom is 0.307 e. The van der Waals surface area contributed by atoms with Gasteiger partial charge in [0.2, 0.25) is 0 Å². The topological polar surface area (TPSA) is 29.5 Å². The van der Waals surface area contributed by atoms with Gasteiger partial charge in [0.1, 0.15) is 6.10 Å². The van der Waals surface area contributed by atoms with Gasteiger partial charge in [0.05, 0.1) is 6.42 Å². The van der Waals surface area contributed by atoms with Crippen LogP contribution < -0.4 is 0 Å². The van der Waals surface area contributed by atoms with Crippen LogP contribution in [0, 0.1) is 0 Å². The van der Waals surface area contributed by atoms with Crippen molar-refractivity contribution >= 4 is 5.97 Å². The Kier molecular flexibility index (Phi) is 4.40. The smallest absolute Gasteiger partial charge is 0.307 e. The standard InChI is InChI=1S/C13H21NO2/c15-13(8-11-14-9-4-5-10-14)16-12-6-2-1-3-7-12/h2,6,12H,1,3-5,7-11H2. The van der Waals surface area contributed by atoms with Crippen molar-refractivity contribution < 1.29 is 9.53 Å². The van der Waals surface area contributed by atoms with Gasteiger partial charge in [-0.3, -0.25) is 4.79 Å². The Balaban J connectivity index is 1.63. The minimum absolute atomic E-state index is 0.0385. The summed E-state index contributed by atoms with van der Waals surface area (Å²) in [5, 5.41) is 0. The van der Waals surface area contributed by atoms with Crippen molar-refractivity contribution in [3.05, 3.63) is 12.2 Å². The van der Waals surface area contributed by atoms with Gasteiger partial charge in [-0.25, -0.2) is 0 Å². The highest BCUT2D eigenvalue weighted by molar-refractivity contribution is 5.70. The summed E-state index contributed by atoms with van der Waals surface area (Å²) in [6, 6.07) is 0. The Morgan fingerprint density at radius 1 is 1.31 bits per heavy atom. The molecule has 1 saturated heterocycles. The number of allylic oxidation sites excluding steroid dienone is 1. The molecule has 0 bridgehead atoms. The van der Waals surface area contributed by atoms with Gasteiger partial charge in [0, 0.05) is 6.54 Å². The van der Waals surface area contributed by atoms with E-state index in [0.717, 1.165) is 38.9 Å². The molecule has 0 aromatic rings. The van der Waals surface area contributed by atoms with Gasteiger partial charge in [-0.1, -0.05) is 6.08 Å². The summed E-state index contributed by atoms with van der Waals surface area (Å²) in [4.78, 5) is 13.9. The molecule has 90 valence electrons. The highest BCUT2D eigenvalue weighted by Crippen LogP contribution is 2.14. The predicted molar refractivity (Wildman–Crippen MR) is 63.2 cm³/mol. The summed E-state index contributed by atoms with van der Waals surface area (Å²) in [6.07, 6.45) is 10.5. The van der Waals surface area contributed by atoms with Crippen LogP contribution in [0.2, 0.25) is 0 Å². The number of esters is 1. The normalized spacial score (nSPS) is 25.9. The number of hydrogen-bond acceptors (Lipinski definition) is 3. The molecule has 1 aliphatic carbocycles. The Labute approximate surface area is 97.5 Å². The summed E-state index contributed by atoms with van der Waals surface area (Å²) in [5.41, 5.74) is 0. The molecule has 0 aromatic heterocycles. The van der Waals surface area contributed by atoms with E-state index in [0.29, 0.717) is 6.42 Å². The second-order valence-electron chi connectivity index (χ2n) is 4.69. The van der Waals surface area contributed by atoms with Gasteiger partial charge in [-0.05, 0) is 51.3 Å². The fraction of sp³-hybridized carbons (Fsp3) is 0.769. The summed E-state index contributed by atoms with van der Waals surface area (Å²) < 4.78 is 5.40. The molecule has 0 N–H and O–H groups in total. The van der Waals surface area contributed by atoms with E-state index >= 15 is 0 Å². The molecule has 0 spiro atoms. The molecule has 0 aromatic carbocycles. The minimum atomic E-state index is -0.0385.